The van der Waals surface area contributed by atoms with Crippen molar-refractivity contribution in [2.24, 2.45) is 0 Å². The summed E-state index contributed by atoms with van der Waals surface area (Å²) in [5.41, 5.74) is 2.14. The lowest BCUT2D eigenvalue weighted by atomic mass is 10.1. The number of rotatable bonds is 4. The first-order valence-electron chi connectivity index (χ1n) is 9.09. The highest BCUT2D eigenvalue weighted by atomic mass is 16.2. The van der Waals surface area contributed by atoms with Gasteiger partial charge < -0.3 is 10.2 Å². The third kappa shape index (κ3) is 3.70. The van der Waals surface area contributed by atoms with Crippen LogP contribution in [0.3, 0.4) is 0 Å². The van der Waals surface area contributed by atoms with Gasteiger partial charge in [-0.2, -0.15) is 0 Å². The molecule has 1 aliphatic rings. The van der Waals surface area contributed by atoms with Gasteiger partial charge in [0.05, 0.1) is 6.54 Å². The molecule has 0 atom stereocenters. The number of carbonyl (C=O) groups is 1. The molecule has 1 saturated heterocycles. The Hall–Kier alpha value is -2.85. The van der Waals surface area contributed by atoms with Crippen molar-refractivity contribution < 1.29 is 4.79 Å². The molecule has 1 aliphatic heterocycles. The fourth-order valence-corrected chi connectivity index (χ4v) is 3.53. The van der Waals surface area contributed by atoms with E-state index in [1.807, 2.05) is 36.4 Å². The zero-order chi connectivity index (χ0) is 17.8. The van der Waals surface area contributed by atoms with Crippen LogP contribution in [-0.4, -0.2) is 43.5 Å². The second-order valence-corrected chi connectivity index (χ2v) is 6.67. The predicted octanol–water partition coefficient (Wildman–Crippen LogP) is 3.60. The first-order chi connectivity index (χ1) is 12.8. The van der Waals surface area contributed by atoms with E-state index in [1.165, 1.54) is 5.69 Å². The van der Waals surface area contributed by atoms with Crippen molar-refractivity contribution in [3.63, 3.8) is 0 Å². The Labute approximate surface area is 154 Å². The van der Waals surface area contributed by atoms with Crippen LogP contribution in [0, 0.1) is 0 Å². The van der Waals surface area contributed by atoms with Crippen molar-refractivity contribution in [2.45, 2.75) is 0 Å². The topological polar surface area (TPSA) is 35.6 Å². The number of carbonyl (C=O) groups excluding carboxylic acids is 1. The molecule has 132 valence electrons. The molecule has 1 amide bonds. The third-order valence-electron chi connectivity index (χ3n) is 4.92. The molecule has 26 heavy (non-hydrogen) atoms. The van der Waals surface area contributed by atoms with Gasteiger partial charge in [-0.05, 0) is 23.6 Å². The fourth-order valence-electron chi connectivity index (χ4n) is 3.53. The summed E-state index contributed by atoms with van der Waals surface area (Å²) in [4.78, 5) is 17.1. The zero-order valence-electron chi connectivity index (χ0n) is 14.8. The molecule has 0 saturated carbocycles. The summed E-state index contributed by atoms with van der Waals surface area (Å²) in [7, 11) is 0. The van der Waals surface area contributed by atoms with Crippen LogP contribution in [0.5, 0.6) is 0 Å². The normalized spacial score (nSPS) is 15.2. The minimum Gasteiger partial charge on any atom is -0.369 e. The van der Waals surface area contributed by atoms with Gasteiger partial charge in [-0.1, -0.05) is 54.6 Å². The molecule has 4 nitrogen and oxygen atoms in total. The lowest BCUT2D eigenvalue weighted by molar-refractivity contribution is -0.117. The van der Waals surface area contributed by atoms with Gasteiger partial charge in [0.25, 0.3) is 0 Å². The third-order valence-corrected chi connectivity index (χ3v) is 4.92. The molecule has 1 heterocycles. The van der Waals surface area contributed by atoms with Gasteiger partial charge in [0.1, 0.15) is 0 Å². The maximum Gasteiger partial charge on any atom is 0.238 e. The number of para-hydroxylation sites is 1. The van der Waals surface area contributed by atoms with Gasteiger partial charge in [-0.15, -0.1) is 0 Å². The Morgan fingerprint density at radius 1 is 0.808 bits per heavy atom. The van der Waals surface area contributed by atoms with E-state index in [-0.39, 0.29) is 5.91 Å². The van der Waals surface area contributed by atoms with E-state index in [2.05, 4.69) is 51.5 Å². The number of nitrogens with one attached hydrogen (secondary N) is 1. The van der Waals surface area contributed by atoms with E-state index >= 15 is 0 Å². The minimum atomic E-state index is 0.0505. The lowest BCUT2D eigenvalue weighted by Gasteiger charge is -2.35. The maximum absolute atomic E-state index is 12.5. The molecule has 0 radical (unpaired) electrons. The number of benzene rings is 3. The van der Waals surface area contributed by atoms with E-state index in [0.29, 0.717) is 6.54 Å². The van der Waals surface area contributed by atoms with E-state index in [0.717, 1.165) is 42.6 Å². The minimum absolute atomic E-state index is 0.0505. The van der Waals surface area contributed by atoms with Crippen LogP contribution in [0.4, 0.5) is 11.4 Å². The molecule has 1 fully saturated rings. The summed E-state index contributed by atoms with van der Waals surface area (Å²) in [6.45, 7) is 4.14. The highest BCUT2D eigenvalue weighted by Crippen LogP contribution is 2.23. The van der Waals surface area contributed by atoms with Gasteiger partial charge >= 0.3 is 0 Å². The van der Waals surface area contributed by atoms with Crippen molar-refractivity contribution in [1.82, 2.24) is 4.90 Å². The number of piperazine rings is 1. The average Bonchev–Trinajstić information content (AvgIpc) is 2.69. The number of nitrogens with zero attached hydrogens (tertiary/aromatic N) is 2. The van der Waals surface area contributed by atoms with Crippen molar-refractivity contribution in [3.05, 3.63) is 72.8 Å². The SMILES string of the molecule is O=C(CN1CCN(c2ccccc2)CC1)Nc1cccc2ccccc12. The van der Waals surface area contributed by atoms with Gasteiger partial charge in [0.2, 0.25) is 5.91 Å². The van der Waals surface area contributed by atoms with Crippen LogP contribution >= 0.6 is 0 Å². The molecule has 0 aromatic heterocycles. The summed E-state index contributed by atoms with van der Waals surface area (Å²) in [5.74, 6) is 0.0505. The quantitative estimate of drug-likeness (QED) is 0.785. The maximum atomic E-state index is 12.5. The molecular formula is C22H23N3O. The van der Waals surface area contributed by atoms with E-state index < -0.39 is 0 Å². The first-order valence-corrected chi connectivity index (χ1v) is 9.09. The Morgan fingerprint density at radius 3 is 2.31 bits per heavy atom. The average molecular weight is 345 g/mol. The lowest BCUT2D eigenvalue weighted by Crippen LogP contribution is -2.48. The second kappa shape index (κ2) is 7.58. The highest BCUT2D eigenvalue weighted by molar-refractivity contribution is 6.02. The number of hydrogen-bond acceptors (Lipinski definition) is 3. The summed E-state index contributed by atoms with van der Waals surface area (Å²) in [5, 5.41) is 5.30. The number of fused-ring (bicyclic) bond motifs is 1. The summed E-state index contributed by atoms with van der Waals surface area (Å²) in [6.07, 6.45) is 0. The Morgan fingerprint density at radius 2 is 1.50 bits per heavy atom. The number of hydrogen-bond donors (Lipinski definition) is 1. The van der Waals surface area contributed by atoms with Crippen molar-refractivity contribution in [3.8, 4) is 0 Å². The molecule has 3 aromatic carbocycles. The molecule has 0 aliphatic carbocycles. The van der Waals surface area contributed by atoms with Gasteiger partial charge in [-0.25, -0.2) is 0 Å². The van der Waals surface area contributed by atoms with Gasteiger partial charge in [-0.3, -0.25) is 9.69 Å². The van der Waals surface area contributed by atoms with E-state index in [1.54, 1.807) is 0 Å². The molecule has 4 heteroatoms. The van der Waals surface area contributed by atoms with Crippen LogP contribution < -0.4 is 10.2 Å². The Kier molecular flexibility index (Phi) is 4.84. The number of amides is 1. The Bertz CT molecular complexity index is 881. The highest BCUT2D eigenvalue weighted by Gasteiger charge is 2.19. The summed E-state index contributed by atoms with van der Waals surface area (Å²) in [6, 6.07) is 24.6. The van der Waals surface area contributed by atoms with Crippen LogP contribution in [0.15, 0.2) is 72.8 Å². The van der Waals surface area contributed by atoms with Crippen molar-refractivity contribution in [1.29, 1.82) is 0 Å². The predicted molar refractivity (Wildman–Crippen MR) is 108 cm³/mol. The van der Waals surface area contributed by atoms with E-state index in [4.69, 9.17) is 0 Å². The molecule has 4 rings (SSSR count). The van der Waals surface area contributed by atoms with Gasteiger partial charge in [0, 0.05) is 42.9 Å². The molecule has 3 aromatic rings. The van der Waals surface area contributed by atoms with Crippen molar-refractivity contribution >= 4 is 28.1 Å². The summed E-state index contributed by atoms with van der Waals surface area (Å²) >= 11 is 0. The number of anilines is 2. The Balaban J connectivity index is 1.34. The second-order valence-electron chi connectivity index (χ2n) is 6.67. The van der Waals surface area contributed by atoms with E-state index in [9.17, 15) is 4.79 Å². The molecule has 0 unspecified atom stereocenters. The fraction of sp³-hybridized carbons (Fsp3) is 0.227. The zero-order valence-corrected chi connectivity index (χ0v) is 14.8. The van der Waals surface area contributed by atoms with Crippen LogP contribution in [0.2, 0.25) is 0 Å². The standard InChI is InChI=1S/C22H23N3O/c26-22(23-21-12-6-8-18-7-4-5-11-20(18)21)17-24-13-15-25(16-14-24)19-9-2-1-3-10-19/h1-12H,13-17H2,(H,23,26). The molecule has 0 spiro atoms. The van der Waals surface area contributed by atoms with Crippen molar-refractivity contribution in [2.75, 3.05) is 42.9 Å². The first kappa shape index (κ1) is 16.6. The molecule has 0 bridgehead atoms. The molecular weight excluding hydrogens is 322 g/mol. The molecule has 1 N–H and O–H groups in total. The van der Waals surface area contributed by atoms with Crippen LogP contribution in [0.25, 0.3) is 10.8 Å². The van der Waals surface area contributed by atoms with Gasteiger partial charge in [0.15, 0.2) is 0 Å². The van der Waals surface area contributed by atoms with Crippen LogP contribution in [-0.2, 0) is 4.79 Å². The largest absolute Gasteiger partial charge is 0.369 e. The van der Waals surface area contributed by atoms with Crippen LogP contribution in [0.1, 0.15) is 0 Å². The summed E-state index contributed by atoms with van der Waals surface area (Å²) < 4.78 is 0. The smallest absolute Gasteiger partial charge is 0.238 e. The monoisotopic (exact) mass is 345 g/mol.